The minimum atomic E-state index is -3.07. The fourth-order valence-electron chi connectivity index (χ4n) is 9.66. The molecule has 0 saturated carbocycles. The summed E-state index contributed by atoms with van der Waals surface area (Å²) < 4.78 is 2.34. The van der Waals surface area contributed by atoms with Crippen LogP contribution in [0.4, 0.5) is 17.1 Å². The molecule has 0 saturated heterocycles. The summed E-state index contributed by atoms with van der Waals surface area (Å²) in [6, 6.07) is 70.6. The van der Waals surface area contributed by atoms with E-state index in [4.69, 9.17) is 4.98 Å². The van der Waals surface area contributed by atoms with Gasteiger partial charge < -0.3 is 14.4 Å². The van der Waals surface area contributed by atoms with Crippen LogP contribution >= 0.6 is 0 Å². The molecule has 0 fully saturated rings. The molecule has 0 spiro atoms. The van der Waals surface area contributed by atoms with Crippen LogP contribution in [0.15, 0.2) is 176 Å². The van der Waals surface area contributed by atoms with E-state index in [1.165, 1.54) is 59.8 Å². The number of pyridine rings is 1. The minimum absolute atomic E-state index is 0. The van der Waals surface area contributed by atoms with Crippen LogP contribution in [-0.2, 0) is 21.1 Å². The normalized spacial score (nSPS) is 12.7. The van der Waals surface area contributed by atoms with E-state index in [-0.39, 0.29) is 21.1 Å². The Morgan fingerprint density at radius 1 is 0.574 bits per heavy atom. The van der Waals surface area contributed by atoms with Crippen molar-refractivity contribution < 1.29 is 21.1 Å². The first-order valence-corrected chi connectivity index (χ1v) is 23.1. The van der Waals surface area contributed by atoms with Gasteiger partial charge in [0.15, 0.2) is 0 Å². The van der Waals surface area contributed by atoms with Gasteiger partial charge in [-0.05, 0) is 80.2 Å². The maximum atomic E-state index is 5.14. The third-order valence-electron chi connectivity index (χ3n) is 12.4. The third kappa shape index (κ3) is 6.76. The molecule has 1 aliphatic heterocycles. The molecule has 0 N–H and O–H groups in total. The predicted octanol–water partition coefficient (Wildman–Crippen LogP) is 10.6. The Balaban J connectivity index is 0.00000476. The quantitative estimate of drug-likeness (QED) is 0.0818. The largest absolute Gasteiger partial charge is 2.00 e. The van der Waals surface area contributed by atoms with Crippen LogP contribution in [0.2, 0.25) is 0 Å². The first-order valence-electron chi connectivity index (χ1n) is 21.1. The second-order valence-electron chi connectivity index (χ2n) is 16.7. The predicted molar refractivity (Wildman–Crippen MR) is 255 cm³/mol. The number of anilines is 3. The number of hydrogen-bond donors (Lipinski definition) is 0. The fraction of sp³-hybridized carbons (Fsp3) is 0.145. The van der Waals surface area contributed by atoms with Crippen LogP contribution in [0.5, 0.6) is 0 Å². The van der Waals surface area contributed by atoms with E-state index in [1.807, 2.05) is 6.20 Å². The smallest absolute Gasteiger partial charge is 0.355 e. The van der Waals surface area contributed by atoms with Crippen LogP contribution < -0.4 is 30.5 Å². The zero-order valence-corrected chi connectivity index (χ0v) is 38.5. The van der Waals surface area contributed by atoms with Gasteiger partial charge in [-0.2, -0.15) is 46.8 Å². The minimum Gasteiger partial charge on any atom is -0.355 e. The summed E-state index contributed by atoms with van der Waals surface area (Å²) >= 11 is 0. The van der Waals surface area contributed by atoms with E-state index in [0.29, 0.717) is 11.8 Å². The molecule has 0 bridgehead atoms. The first-order chi connectivity index (χ1) is 29.3. The van der Waals surface area contributed by atoms with Crippen molar-refractivity contribution in [3.05, 3.63) is 199 Å². The molecule has 7 aromatic carbocycles. The van der Waals surface area contributed by atoms with E-state index in [1.54, 1.807) is 0 Å². The molecule has 2 aromatic heterocycles. The third-order valence-corrected chi connectivity index (χ3v) is 17.0. The van der Waals surface area contributed by atoms with E-state index < -0.39 is 8.07 Å². The van der Waals surface area contributed by atoms with Crippen molar-refractivity contribution in [2.45, 2.75) is 39.5 Å². The molecule has 1 aliphatic rings. The average molecular weight is 988 g/mol. The van der Waals surface area contributed by atoms with Gasteiger partial charge in [-0.3, -0.25) is 0 Å². The van der Waals surface area contributed by atoms with Crippen molar-refractivity contribution >= 4 is 67.7 Å². The van der Waals surface area contributed by atoms with E-state index in [0.717, 1.165) is 34.6 Å². The van der Waals surface area contributed by atoms with Crippen molar-refractivity contribution in [1.29, 1.82) is 0 Å². The van der Waals surface area contributed by atoms with Gasteiger partial charge >= 0.3 is 21.1 Å². The molecule has 0 atom stereocenters. The number of benzene rings is 7. The number of hydrogen-bond acceptors (Lipinski definition) is 3. The summed E-state index contributed by atoms with van der Waals surface area (Å²) in [5.41, 5.74) is 10.8. The fourth-order valence-corrected chi connectivity index (χ4v) is 14.2. The topological polar surface area (TPSA) is 24.3 Å². The monoisotopic (exact) mass is 987 g/mol. The van der Waals surface area contributed by atoms with Gasteiger partial charge in [-0.1, -0.05) is 148 Å². The van der Waals surface area contributed by atoms with E-state index >= 15 is 0 Å². The van der Waals surface area contributed by atoms with E-state index in [2.05, 4.69) is 231 Å². The van der Waals surface area contributed by atoms with Crippen LogP contribution in [0.3, 0.4) is 0 Å². The molecular weight excluding hydrogens is 940 g/mol. The Bertz CT molecular complexity index is 2950. The number of nitrogens with zero attached hydrogens (tertiary/aromatic N) is 4. The van der Waals surface area contributed by atoms with Gasteiger partial charge in [-0.15, -0.1) is 11.5 Å². The SMILES string of the molecule is CC(C)c1cccc(C(C)C)c1-c1ccnc(-n2c3[c-]c([Si](c4[c-]c(N5CN(C)c6ccccc65)ccc4)(c4ccccc4)c4ccccc4)ccc3c3ccccc32)c1.[Pt+2]. The summed E-state index contributed by atoms with van der Waals surface area (Å²) in [5.74, 6) is 1.65. The summed E-state index contributed by atoms with van der Waals surface area (Å²) in [4.78, 5) is 9.84. The first kappa shape index (κ1) is 40.4. The molecule has 302 valence electrons. The van der Waals surface area contributed by atoms with Gasteiger partial charge in [-0.25, -0.2) is 4.98 Å². The molecule has 0 amide bonds. The number of rotatable bonds is 9. The molecule has 3 heterocycles. The number of para-hydroxylation sites is 3. The molecule has 0 aliphatic carbocycles. The summed E-state index contributed by atoms with van der Waals surface area (Å²) in [5, 5.41) is 7.28. The second kappa shape index (κ2) is 16.5. The summed E-state index contributed by atoms with van der Waals surface area (Å²) in [6.07, 6.45) is 1.98. The summed E-state index contributed by atoms with van der Waals surface area (Å²) in [6.45, 7) is 9.92. The van der Waals surface area contributed by atoms with Gasteiger partial charge in [0.1, 0.15) is 13.9 Å². The average Bonchev–Trinajstić information content (AvgIpc) is 3.81. The van der Waals surface area contributed by atoms with Gasteiger partial charge in [0.05, 0.1) is 18.0 Å². The Kier molecular flexibility index (Phi) is 10.9. The van der Waals surface area contributed by atoms with Crippen molar-refractivity contribution in [2.75, 3.05) is 23.5 Å². The molecule has 10 rings (SSSR count). The molecule has 0 radical (unpaired) electrons. The maximum Gasteiger partial charge on any atom is 2.00 e. The zero-order valence-electron chi connectivity index (χ0n) is 35.2. The number of fused-ring (bicyclic) bond motifs is 4. The van der Waals surface area contributed by atoms with Crippen molar-refractivity contribution in [1.82, 2.24) is 9.55 Å². The van der Waals surface area contributed by atoms with Gasteiger partial charge in [0, 0.05) is 18.8 Å². The van der Waals surface area contributed by atoms with Crippen LogP contribution in [-0.4, -0.2) is 31.3 Å². The van der Waals surface area contributed by atoms with Crippen LogP contribution in [0.1, 0.15) is 50.7 Å². The van der Waals surface area contributed by atoms with E-state index in [9.17, 15) is 0 Å². The van der Waals surface area contributed by atoms with Crippen LogP contribution in [0, 0.1) is 12.1 Å². The zero-order chi connectivity index (χ0) is 41.0. The Hall–Kier alpha value is -6.00. The van der Waals surface area contributed by atoms with Gasteiger partial charge in [0.2, 0.25) is 0 Å². The number of aromatic nitrogens is 2. The summed E-state index contributed by atoms with van der Waals surface area (Å²) in [7, 11) is -0.907. The van der Waals surface area contributed by atoms with Crippen molar-refractivity contribution in [3.63, 3.8) is 0 Å². The maximum absolute atomic E-state index is 5.14. The Morgan fingerprint density at radius 2 is 1.18 bits per heavy atom. The standard InChI is InChI=1S/C55H48N4Si.Pt/c1-38(2)46-25-17-26-47(39(3)4)55(46)40-32-33-56-54(34-40)59-50-27-13-12-24-48(50)49-31-30-45(36-53(49)59)60(42-19-8-6-9-20-42,43-21-10-7-11-22-43)44-23-16-18-41(35-44)58-37-57(5)51-28-14-15-29-52(51)58;/h6-34,38-39H,37H2,1-5H3;/q-2;+2. The van der Waals surface area contributed by atoms with Crippen LogP contribution in [0.25, 0.3) is 38.8 Å². The molecule has 0 unspecified atom stereocenters. The Labute approximate surface area is 375 Å². The van der Waals surface area contributed by atoms with Crippen molar-refractivity contribution in [3.8, 4) is 16.9 Å². The molecular formula is C55H48N4PtSi. The Morgan fingerprint density at radius 3 is 1.87 bits per heavy atom. The molecule has 61 heavy (non-hydrogen) atoms. The molecule has 6 heteroatoms. The van der Waals surface area contributed by atoms with Gasteiger partial charge in [0.25, 0.3) is 0 Å². The second-order valence-corrected chi connectivity index (χ2v) is 20.4. The van der Waals surface area contributed by atoms with Crippen molar-refractivity contribution in [2.24, 2.45) is 0 Å². The molecule has 4 nitrogen and oxygen atoms in total. The molecule has 9 aromatic rings.